The molecule has 4 rings (SSSR count). The SMILES string of the molecule is CN1CCC(=C2c3cc(Cl)ccc3OCc3cc(CC(=O)O)sc32)CC1. The molecule has 2 aliphatic rings. The lowest BCUT2D eigenvalue weighted by Gasteiger charge is -2.26. The zero-order valence-corrected chi connectivity index (χ0v) is 16.1. The van der Waals surface area contributed by atoms with Crippen LogP contribution in [-0.2, 0) is 17.8 Å². The van der Waals surface area contributed by atoms with Gasteiger partial charge in [-0.3, -0.25) is 4.79 Å². The highest BCUT2D eigenvalue weighted by molar-refractivity contribution is 7.13. The second-order valence-corrected chi connectivity index (χ2v) is 8.42. The van der Waals surface area contributed by atoms with Gasteiger partial charge in [-0.15, -0.1) is 11.3 Å². The molecule has 0 spiro atoms. The minimum Gasteiger partial charge on any atom is -0.488 e. The fourth-order valence-corrected chi connectivity index (χ4v) is 5.07. The minimum absolute atomic E-state index is 0.0470. The maximum absolute atomic E-state index is 11.2. The molecule has 2 aliphatic heterocycles. The lowest BCUT2D eigenvalue weighted by Crippen LogP contribution is -2.26. The van der Waals surface area contributed by atoms with Gasteiger partial charge in [-0.25, -0.2) is 0 Å². The molecule has 26 heavy (non-hydrogen) atoms. The van der Waals surface area contributed by atoms with Crippen molar-refractivity contribution in [3.8, 4) is 5.75 Å². The van der Waals surface area contributed by atoms with Crippen LogP contribution in [-0.4, -0.2) is 36.1 Å². The first-order chi connectivity index (χ1) is 12.5. The van der Waals surface area contributed by atoms with E-state index in [0.29, 0.717) is 11.6 Å². The summed E-state index contributed by atoms with van der Waals surface area (Å²) in [6.07, 6.45) is 2.05. The maximum atomic E-state index is 11.2. The highest BCUT2D eigenvalue weighted by Crippen LogP contribution is 2.45. The molecule has 2 aromatic rings. The number of hydrogen-bond donors (Lipinski definition) is 1. The minimum atomic E-state index is -0.806. The summed E-state index contributed by atoms with van der Waals surface area (Å²) >= 11 is 7.87. The third-order valence-electron chi connectivity index (χ3n) is 4.95. The fraction of sp³-hybridized carbons (Fsp3) is 0.350. The van der Waals surface area contributed by atoms with E-state index in [0.717, 1.165) is 52.6 Å². The Morgan fingerprint density at radius 3 is 2.81 bits per heavy atom. The molecule has 0 amide bonds. The molecule has 1 saturated heterocycles. The number of thiophene rings is 1. The number of halogens is 1. The number of aliphatic carboxylic acids is 1. The molecule has 4 nitrogen and oxygen atoms in total. The third-order valence-corrected chi connectivity index (χ3v) is 6.38. The zero-order chi connectivity index (χ0) is 18.3. The number of benzene rings is 1. The summed E-state index contributed by atoms with van der Waals surface area (Å²) in [5.74, 6) is 0.0401. The number of nitrogens with zero attached hydrogens (tertiary/aromatic N) is 1. The Morgan fingerprint density at radius 2 is 2.08 bits per heavy atom. The zero-order valence-electron chi connectivity index (χ0n) is 14.5. The molecule has 1 N–H and O–H groups in total. The summed E-state index contributed by atoms with van der Waals surface area (Å²) in [5, 5.41) is 9.85. The summed E-state index contributed by atoms with van der Waals surface area (Å²) in [7, 11) is 2.14. The van der Waals surface area contributed by atoms with E-state index in [9.17, 15) is 4.79 Å². The van der Waals surface area contributed by atoms with Crippen LogP contribution in [0.25, 0.3) is 5.57 Å². The average Bonchev–Trinajstić information content (AvgIpc) is 2.91. The average molecular weight is 390 g/mol. The van der Waals surface area contributed by atoms with E-state index < -0.39 is 5.97 Å². The Hall–Kier alpha value is -1.82. The van der Waals surface area contributed by atoms with Gasteiger partial charge < -0.3 is 14.7 Å². The highest BCUT2D eigenvalue weighted by atomic mass is 35.5. The van der Waals surface area contributed by atoms with Gasteiger partial charge in [-0.1, -0.05) is 17.2 Å². The number of fused-ring (bicyclic) bond motifs is 2. The van der Waals surface area contributed by atoms with E-state index in [1.165, 1.54) is 11.1 Å². The molecule has 136 valence electrons. The van der Waals surface area contributed by atoms with Crippen LogP contribution in [0.1, 0.15) is 33.7 Å². The van der Waals surface area contributed by atoms with Crippen molar-refractivity contribution >= 4 is 34.5 Å². The Bertz CT molecular complexity index is 892. The van der Waals surface area contributed by atoms with Gasteiger partial charge in [0.25, 0.3) is 0 Å². The van der Waals surface area contributed by atoms with Crippen LogP contribution in [0.3, 0.4) is 0 Å². The van der Waals surface area contributed by atoms with E-state index in [-0.39, 0.29) is 6.42 Å². The molecule has 6 heteroatoms. The molecule has 0 radical (unpaired) electrons. The Morgan fingerprint density at radius 1 is 1.31 bits per heavy atom. The van der Waals surface area contributed by atoms with E-state index in [1.54, 1.807) is 11.3 Å². The van der Waals surface area contributed by atoms with E-state index in [4.69, 9.17) is 21.4 Å². The Labute approximate surface area is 161 Å². The lowest BCUT2D eigenvalue weighted by molar-refractivity contribution is -0.136. The number of rotatable bonds is 2. The van der Waals surface area contributed by atoms with Crippen LogP contribution >= 0.6 is 22.9 Å². The van der Waals surface area contributed by atoms with Crippen LogP contribution in [0.15, 0.2) is 29.8 Å². The van der Waals surface area contributed by atoms with Crippen molar-refractivity contribution in [2.75, 3.05) is 20.1 Å². The van der Waals surface area contributed by atoms with Gasteiger partial charge in [0.2, 0.25) is 0 Å². The molecular formula is C20H20ClNO3S. The standard InChI is InChI=1S/C20H20ClNO3S/c1-22-6-4-12(5-7-22)19-16-9-14(21)2-3-17(16)25-11-13-8-15(10-18(23)24)26-20(13)19/h2-3,8-9H,4-7,10-11H2,1H3,(H,23,24). The number of likely N-dealkylation sites (tertiary alicyclic amines) is 1. The number of ether oxygens (including phenoxy) is 1. The van der Waals surface area contributed by atoms with Crippen LogP contribution < -0.4 is 4.74 Å². The number of carboxylic acid groups (broad SMARTS) is 1. The predicted octanol–water partition coefficient (Wildman–Crippen LogP) is 4.45. The first-order valence-corrected chi connectivity index (χ1v) is 9.88. The summed E-state index contributed by atoms with van der Waals surface area (Å²) in [6.45, 7) is 2.51. The smallest absolute Gasteiger partial charge is 0.308 e. The van der Waals surface area contributed by atoms with Crippen LogP contribution in [0.5, 0.6) is 5.75 Å². The van der Waals surface area contributed by atoms with Gasteiger partial charge in [-0.2, -0.15) is 0 Å². The first kappa shape index (κ1) is 17.6. The van der Waals surface area contributed by atoms with Crippen LogP contribution in [0, 0.1) is 0 Å². The lowest BCUT2D eigenvalue weighted by atomic mass is 9.91. The molecular weight excluding hydrogens is 370 g/mol. The Kier molecular flexibility index (Phi) is 4.78. The molecule has 0 saturated carbocycles. The maximum Gasteiger partial charge on any atom is 0.308 e. The highest BCUT2D eigenvalue weighted by Gasteiger charge is 2.26. The summed E-state index contributed by atoms with van der Waals surface area (Å²) in [6, 6.07) is 7.74. The molecule has 1 aromatic carbocycles. The normalized spacial score (nSPS) is 17.3. The van der Waals surface area contributed by atoms with Crippen molar-refractivity contribution in [2.45, 2.75) is 25.9 Å². The summed E-state index contributed by atoms with van der Waals surface area (Å²) in [4.78, 5) is 15.5. The quantitative estimate of drug-likeness (QED) is 0.824. The van der Waals surface area contributed by atoms with Crippen molar-refractivity contribution in [3.63, 3.8) is 0 Å². The predicted molar refractivity (Wildman–Crippen MR) is 104 cm³/mol. The van der Waals surface area contributed by atoms with Gasteiger partial charge in [0.15, 0.2) is 0 Å². The molecule has 3 heterocycles. The molecule has 1 fully saturated rings. The van der Waals surface area contributed by atoms with Crippen molar-refractivity contribution in [1.29, 1.82) is 0 Å². The number of carbonyl (C=O) groups is 1. The monoisotopic (exact) mass is 389 g/mol. The van der Waals surface area contributed by atoms with Gasteiger partial charge in [0.05, 0.1) is 6.42 Å². The topological polar surface area (TPSA) is 49.8 Å². The van der Waals surface area contributed by atoms with Crippen molar-refractivity contribution in [3.05, 3.63) is 55.7 Å². The van der Waals surface area contributed by atoms with Gasteiger partial charge in [0, 0.05) is 44.6 Å². The van der Waals surface area contributed by atoms with E-state index in [1.807, 2.05) is 24.3 Å². The van der Waals surface area contributed by atoms with Crippen LogP contribution in [0.2, 0.25) is 5.02 Å². The second-order valence-electron chi connectivity index (χ2n) is 6.85. The number of carboxylic acids is 1. The third kappa shape index (κ3) is 3.39. The summed E-state index contributed by atoms with van der Waals surface area (Å²) in [5.41, 5.74) is 4.70. The second kappa shape index (κ2) is 7.06. The van der Waals surface area contributed by atoms with Crippen molar-refractivity contribution in [2.24, 2.45) is 0 Å². The van der Waals surface area contributed by atoms with Crippen molar-refractivity contribution < 1.29 is 14.6 Å². The fourth-order valence-electron chi connectivity index (χ4n) is 3.63. The largest absolute Gasteiger partial charge is 0.488 e. The van der Waals surface area contributed by atoms with E-state index >= 15 is 0 Å². The first-order valence-electron chi connectivity index (χ1n) is 8.68. The number of piperidine rings is 1. The molecule has 0 atom stereocenters. The van der Waals surface area contributed by atoms with E-state index in [2.05, 4.69) is 11.9 Å². The molecule has 1 aromatic heterocycles. The van der Waals surface area contributed by atoms with Gasteiger partial charge in [-0.05, 0) is 44.2 Å². The molecule has 0 bridgehead atoms. The summed E-state index contributed by atoms with van der Waals surface area (Å²) < 4.78 is 6.05. The molecule has 0 unspecified atom stereocenters. The van der Waals surface area contributed by atoms with Gasteiger partial charge in [0.1, 0.15) is 12.4 Å². The van der Waals surface area contributed by atoms with Crippen molar-refractivity contribution in [1.82, 2.24) is 4.90 Å². The van der Waals surface area contributed by atoms with Crippen LogP contribution in [0.4, 0.5) is 0 Å². The molecule has 0 aliphatic carbocycles. The van der Waals surface area contributed by atoms with Gasteiger partial charge >= 0.3 is 5.97 Å². The Balaban J connectivity index is 1.89. The number of hydrogen-bond acceptors (Lipinski definition) is 4.